The van der Waals surface area contributed by atoms with Crippen LogP contribution in [0.1, 0.15) is 33.6 Å². The van der Waals surface area contributed by atoms with E-state index in [1.807, 2.05) is 26.0 Å². The van der Waals surface area contributed by atoms with Gasteiger partial charge in [0.2, 0.25) is 15.9 Å². The lowest BCUT2D eigenvalue weighted by atomic mass is 9.99. The molecule has 0 aliphatic carbocycles. The van der Waals surface area contributed by atoms with Crippen molar-refractivity contribution in [2.45, 2.75) is 33.6 Å². The molecule has 0 N–H and O–H groups in total. The molecule has 1 saturated heterocycles. The van der Waals surface area contributed by atoms with Crippen molar-refractivity contribution in [1.82, 2.24) is 4.90 Å². The Bertz CT molecular complexity index is 691. The average Bonchev–Trinajstić information content (AvgIpc) is 2.61. The van der Waals surface area contributed by atoms with Gasteiger partial charge in [-0.05, 0) is 56.9 Å². The van der Waals surface area contributed by atoms with E-state index in [9.17, 15) is 13.2 Å². The van der Waals surface area contributed by atoms with E-state index in [4.69, 9.17) is 0 Å². The van der Waals surface area contributed by atoms with E-state index >= 15 is 0 Å². The Morgan fingerprint density at radius 3 is 2.12 bits per heavy atom. The highest BCUT2D eigenvalue weighted by Crippen LogP contribution is 2.26. The number of amides is 1. The molecule has 7 heteroatoms. The molecule has 1 aromatic rings. The van der Waals surface area contributed by atoms with Crippen molar-refractivity contribution >= 4 is 27.3 Å². The van der Waals surface area contributed by atoms with Gasteiger partial charge in [0.05, 0.1) is 11.9 Å². The number of sulfonamides is 1. The van der Waals surface area contributed by atoms with Crippen LogP contribution in [0.25, 0.3) is 0 Å². The maximum Gasteiger partial charge on any atom is 0.243 e. The van der Waals surface area contributed by atoms with Crippen LogP contribution < -0.4 is 9.21 Å². The first-order valence-electron chi connectivity index (χ1n) is 9.36. The van der Waals surface area contributed by atoms with E-state index in [0.717, 1.165) is 31.0 Å². The molecule has 2 rings (SSSR count). The standard InChI is InChI=1S/C19H31N3O3S/c1-5-20(6-2)19(23)15-22(26(4,24)25)18-9-7-17(8-10-18)21-13-11-16(3)12-14-21/h7-10,16H,5-6,11-15H2,1-4H3. The van der Waals surface area contributed by atoms with E-state index < -0.39 is 10.0 Å². The van der Waals surface area contributed by atoms with Crippen LogP contribution in [-0.4, -0.2) is 58.2 Å². The summed E-state index contributed by atoms with van der Waals surface area (Å²) in [7, 11) is -3.54. The zero-order valence-corrected chi connectivity index (χ0v) is 17.1. The fourth-order valence-electron chi connectivity index (χ4n) is 3.30. The molecular weight excluding hydrogens is 350 g/mol. The fourth-order valence-corrected chi connectivity index (χ4v) is 4.15. The molecule has 0 unspecified atom stereocenters. The Morgan fingerprint density at radius 1 is 1.12 bits per heavy atom. The van der Waals surface area contributed by atoms with E-state index in [1.165, 1.54) is 17.1 Å². The van der Waals surface area contributed by atoms with Gasteiger partial charge in [-0.15, -0.1) is 0 Å². The molecule has 1 amide bonds. The van der Waals surface area contributed by atoms with Crippen LogP contribution in [0.5, 0.6) is 0 Å². The highest BCUT2D eigenvalue weighted by atomic mass is 32.2. The minimum Gasteiger partial charge on any atom is -0.372 e. The molecule has 6 nitrogen and oxygen atoms in total. The third kappa shape index (κ3) is 5.13. The van der Waals surface area contributed by atoms with Gasteiger partial charge in [-0.2, -0.15) is 0 Å². The zero-order chi connectivity index (χ0) is 19.3. The molecule has 0 spiro atoms. The summed E-state index contributed by atoms with van der Waals surface area (Å²) in [5.74, 6) is 0.576. The minimum atomic E-state index is -3.54. The molecular formula is C19H31N3O3S. The topological polar surface area (TPSA) is 60.9 Å². The van der Waals surface area contributed by atoms with E-state index in [0.29, 0.717) is 18.8 Å². The highest BCUT2D eigenvalue weighted by Gasteiger charge is 2.23. The van der Waals surface area contributed by atoms with Crippen LogP contribution >= 0.6 is 0 Å². The first-order valence-corrected chi connectivity index (χ1v) is 11.2. The first-order chi connectivity index (χ1) is 12.3. The van der Waals surface area contributed by atoms with Crippen LogP contribution in [0.2, 0.25) is 0 Å². The van der Waals surface area contributed by atoms with Crippen LogP contribution in [-0.2, 0) is 14.8 Å². The quantitative estimate of drug-likeness (QED) is 0.728. The molecule has 1 aromatic carbocycles. The molecule has 0 saturated carbocycles. The van der Waals surface area contributed by atoms with Crippen LogP contribution in [0.4, 0.5) is 11.4 Å². The van der Waals surface area contributed by atoms with Crippen LogP contribution in [0, 0.1) is 5.92 Å². The Morgan fingerprint density at radius 2 is 1.65 bits per heavy atom. The second-order valence-corrected chi connectivity index (χ2v) is 8.93. The molecule has 26 heavy (non-hydrogen) atoms. The third-order valence-electron chi connectivity index (χ3n) is 5.08. The summed E-state index contributed by atoms with van der Waals surface area (Å²) in [6.45, 7) is 9.07. The van der Waals surface area contributed by atoms with E-state index in [-0.39, 0.29) is 12.5 Å². The minimum absolute atomic E-state index is 0.166. The molecule has 0 bridgehead atoms. The van der Waals surface area contributed by atoms with Crippen LogP contribution in [0.3, 0.4) is 0 Å². The van der Waals surface area contributed by atoms with Crippen LogP contribution in [0.15, 0.2) is 24.3 Å². The van der Waals surface area contributed by atoms with Crippen molar-refractivity contribution in [2.75, 3.05) is 48.2 Å². The number of benzene rings is 1. The normalized spacial score (nSPS) is 15.8. The summed E-state index contributed by atoms with van der Waals surface area (Å²) in [5.41, 5.74) is 1.63. The predicted octanol–water partition coefficient (Wildman–Crippen LogP) is 2.56. The van der Waals surface area contributed by atoms with Gasteiger partial charge < -0.3 is 9.80 Å². The summed E-state index contributed by atoms with van der Waals surface area (Å²) in [5, 5.41) is 0. The SMILES string of the molecule is CCN(CC)C(=O)CN(c1ccc(N2CCC(C)CC2)cc1)S(C)(=O)=O. The lowest BCUT2D eigenvalue weighted by molar-refractivity contribution is -0.129. The molecule has 1 aliphatic rings. The maximum atomic E-state index is 12.4. The molecule has 1 fully saturated rings. The van der Waals surface area contributed by atoms with Gasteiger partial charge in [-0.1, -0.05) is 6.92 Å². The van der Waals surface area contributed by atoms with Crippen molar-refractivity contribution in [2.24, 2.45) is 5.92 Å². The second kappa shape index (κ2) is 8.75. The van der Waals surface area contributed by atoms with E-state index in [1.54, 1.807) is 17.0 Å². The van der Waals surface area contributed by atoms with Crippen molar-refractivity contribution in [3.63, 3.8) is 0 Å². The summed E-state index contributed by atoms with van der Waals surface area (Å²) >= 11 is 0. The smallest absolute Gasteiger partial charge is 0.243 e. The number of nitrogens with zero attached hydrogens (tertiary/aromatic N) is 3. The zero-order valence-electron chi connectivity index (χ0n) is 16.3. The Labute approximate surface area is 157 Å². The van der Waals surface area contributed by atoms with Gasteiger partial charge in [0.25, 0.3) is 0 Å². The van der Waals surface area contributed by atoms with Gasteiger partial charge in [0.1, 0.15) is 6.54 Å². The fraction of sp³-hybridized carbons (Fsp3) is 0.632. The predicted molar refractivity (Wildman–Crippen MR) is 107 cm³/mol. The number of hydrogen-bond donors (Lipinski definition) is 0. The second-order valence-electron chi connectivity index (χ2n) is 7.02. The summed E-state index contributed by atoms with van der Waals surface area (Å²) < 4.78 is 25.7. The Balaban J connectivity index is 2.17. The Kier molecular flexibility index (Phi) is 6.92. The van der Waals surface area contributed by atoms with Crippen molar-refractivity contribution < 1.29 is 13.2 Å². The lowest BCUT2D eigenvalue weighted by Gasteiger charge is -2.32. The molecule has 1 heterocycles. The summed E-state index contributed by atoms with van der Waals surface area (Å²) in [6, 6.07) is 7.49. The van der Waals surface area contributed by atoms with Crippen molar-refractivity contribution in [3.05, 3.63) is 24.3 Å². The monoisotopic (exact) mass is 381 g/mol. The number of piperidine rings is 1. The molecule has 146 valence electrons. The van der Waals surface area contributed by atoms with Crippen molar-refractivity contribution in [3.8, 4) is 0 Å². The number of likely N-dealkylation sites (N-methyl/N-ethyl adjacent to an activating group) is 1. The number of carbonyl (C=O) groups excluding carboxylic acids is 1. The first kappa shape index (κ1) is 20.6. The number of carbonyl (C=O) groups is 1. The number of rotatable bonds is 7. The molecule has 0 atom stereocenters. The highest BCUT2D eigenvalue weighted by molar-refractivity contribution is 7.92. The maximum absolute atomic E-state index is 12.4. The molecule has 1 aliphatic heterocycles. The number of hydrogen-bond acceptors (Lipinski definition) is 4. The van der Waals surface area contributed by atoms with Gasteiger partial charge in [0, 0.05) is 31.9 Å². The average molecular weight is 382 g/mol. The summed E-state index contributed by atoms with van der Waals surface area (Å²) in [4.78, 5) is 16.4. The van der Waals surface area contributed by atoms with Gasteiger partial charge in [-0.25, -0.2) is 8.42 Å². The van der Waals surface area contributed by atoms with Gasteiger partial charge >= 0.3 is 0 Å². The third-order valence-corrected chi connectivity index (χ3v) is 6.22. The lowest BCUT2D eigenvalue weighted by Crippen LogP contribution is -2.42. The molecule has 0 aromatic heterocycles. The van der Waals surface area contributed by atoms with E-state index in [2.05, 4.69) is 11.8 Å². The Hall–Kier alpha value is -1.76. The van der Waals surface area contributed by atoms with Gasteiger partial charge in [0.15, 0.2) is 0 Å². The van der Waals surface area contributed by atoms with Crippen molar-refractivity contribution in [1.29, 1.82) is 0 Å². The van der Waals surface area contributed by atoms with Gasteiger partial charge in [-0.3, -0.25) is 9.10 Å². The summed E-state index contributed by atoms with van der Waals surface area (Å²) in [6.07, 6.45) is 3.49. The largest absolute Gasteiger partial charge is 0.372 e. The molecule has 0 radical (unpaired) electrons. The number of anilines is 2.